The maximum atomic E-state index is 12.5. The smallest absolute Gasteiger partial charge is 0.255 e. The molecule has 1 N–H and O–H groups in total. The largest absolute Gasteiger partial charge is 0.338 e. The number of rotatable bonds is 4. The van der Waals surface area contributed by atoms with E-state index in [1.165, 1.54) is 12.8 Å². The van der Waals surface area contributed by atoms with Gasteiger partial charge in [0.25, 0.3) is 5.91 Å². The second-order valence-electron chi connectivity index (χ2n) is 6.63. The molecule has 1 aliphatic carbocycles. The van der Waals surface area contributed by atoms with Crippen molar-refractivity contribution in [3.63, 3.8) is 0 Å². The zero-order chi connectivity index (χ0) is 16.8. The van der Waals surface area contributed by atoms with E-state index in [9.17, 15) is 4.79 Å². The normalized spacial score (nSPS) is 18.6. The zero-order valence-corrected chi connectivity index (χ0v) is 15.0. The fourth-order valence-electron chi connectivity index (χ4n) is 2.89. The van der Waals surface area contributed by atoms with Crippen molar-refractivity contribution in [2.75, 3.05) is 13.1 Å². The van der Waals surface area contributed by atoms with Gasteiger partial charge in [-0.3, -0.25) is 9.78 Å². The number of pyridine rings is 1. The average molecular weight is 317 g/mol. The molecule has 1 saturated carbocycles. The molecule has 128 valence electrons. The molecule has 4 nitrogen and oxygen atoms in total. The van der Waals surface area contributed by atoms with Crippen LogP contribution in [0.2, 0.25) is 0 Å². The van der Waals surface area contributed by atoms with Crippen LogP contribution in [0.3, 0.4) is 0 Å². The average Bonchev–Trinajstić information content (AvgIpc) is 3.41. The molecule has 2 aliphatic rings. The molecule has 0 aromatic carbocycles. The van der Waals surface area contributed by atoms with E-state index in [-0.39, 0.29) is 5.91 Å². The number of carbonyl (C=O) groups is 1. The SMILES string of the molecule is CC.CC(C)c1ccc(C(=O)N2CCC(NC3CC3)CC2)cn1. The third-order valence-electron chi connectivity index (χ3n) is 4.46. The summed E-state index contributed by atoms with van der Waals surface area (Å²) in [5.41, 5.74) is 1.76. The van der Waals surface area contributed by atoms with E-state index in [2.05, 4.69) is 24.1 Å². The zero-order valence-electron chi connectivity index (χ0n) is 15.0. The van der Waals surface area contributed by atoms with E-state index < -0.39 is 0 Å². The molecule has 4 heteroatoms. The fraction of sp³-hybridized carbons (Fsp3) is 0.684. The monoisotopic (exact) mass is 317 g/mol. The Bertz CT molecular complexity index is 486. The second-order valence-corrected chi connectivity index (χ2v) is 6.63. The van der Waals surface area contributed by atoms with Crippen LogP contribution in [0, 0.1) is 0 Å². The number of piperidine rings is 1. The summed E-state index contributed by atoms with van der Waals surface area (Å²) in [5, 5.41) is 3.66. The molecule has 0 unspecified atom stereocenters. The minimum absolute atomic E-state index is 0.127. The number of nitrogens with zero attached hydrogens (tertiary/aromatic N) is 2. The van der Waals surface area contributed by atoms with Gasteiger partial charge in [0.15, 0.2) is 0 Å². The van der Waals surface area contributed by atoms with Crippen LogP contribution in [-0.2, 0) is 0 Å². The van der Waals surface area contributed by atoms with Crippen molar-refractivity contribution >= 4 is 5.91 Å². The summed E-state index contributed by atoms with van der Waals surface area (Å²) in [6, 6.07) is 5.24. The quantitative estimate of drug-likeness (QED) is 0.923. The lowest BCUT2D eigenvalue weighted by Crippen LogP contribution is -2.45. The molecule has 0 spiro atoms. The van der Waals surface area contributed by atoms with E-state index in [1.807, 2.05) is 30.9 Å². The van der Waals surface area contributed by atoms with Gasteiger partial charge in [0.1, 0.15) is 0 Å². The minimum atomic E-state index is 0.127. The van der Waals surface area contributed by atoms with E-state index in [0.29, 0.717) is 17.5 Å². The summed E-state index contributed by atoms with van der Waals surface area (Å²) in [5.74, 6) is 0.529. The second kappa shape index (κ2) is 8.44. The van der Waals surface area contributed by atoms with Crippen molar-refractivity contribution in [3.05, 3.63) is 29.6 Å². The Morgan fingerprint density at radius 2 is 1.74 bits per heavy atom. The lowest BCUT2D eigenvalue weighted by molar-refractivity contribution is 0.0704. The Morgan fingerprint density at radius 1 is 1.13 bits per heavy atom. The van der Waals surface area contributed by atoms with Gasteiger partial charge in [-0.05, 0) is 43.7 Å². The summed E-state index contributed by atoms with van der Waals surface area (Å²) in [6.45, 7) is 9.94. The van der Waals surface area contributed by atoms with E-state index >= 15 is 0 Å². The topological polar surface area (TPSA) is 45.2 Å². The van der Waals surface area contributed by atoms with Crippen LogP contribution >= 0.6 is 0 Å². The van der Waals surface area contributed by atoms with Gasteiger partial charge in [-0.15, -0.1) is 0 Å². The predicted molar refractivity (Wildman–Crippen MR) is 94.8 cm³/mol. The third kappa shape index (κ3) is 5.03. The highest BCUT2D eigenvalue weighted by Crippen LogP contribution is 2.22. The Balaban J connectivity index is 0.000000924. The molecule has 0 atom stereocenters. The highest BCUT2D eigenvalue weighted by molar-refractivity contribution is 5.94. The van der Waals surface area contributed by atoms with Gasteiger partial charge in [-0.2, -0.15) is 0 Å². The predicted octanol–water partition coefficient (Wildman–Crippen LogP) is 3.59. The standard InChI is InChI=1S/C17H25N3O.C2H6/c1-12(2)16-6-3-13(11-18-16)17(21)20-9-7-15(8-10-20)19-14-4-5-14;1-2/h3,6,11-12,14-15,19H,4-5,7-10H2,1-2H3;1-2H3. The Kier molecular flexibility index (Phi) is 6.58. The summed E-state index contributed by atoms with van der Waals surface area (Å²) < 4.78 is 0. The number of hydrogen-bond acceptors (Lipinski definition) is 3. The molecule has 0 bridgehead atoms. The summed E-state index contributed by atoms with van der Waals surface area (Å²) in [4.78, 5) is 18.9. The van der Waals surface area contributed by atoms with Crippen molar-refractivity contribution in [3.8, 4) is 0 Å². The molecule has 1 aromatic rings. The van der Waals surface area contributed by atoms with Crippen LogP contribution in [0.1, 0.15) is 75.3 Å². The molecule has 1 amide bonds. The van der Waals surface area contributed by atoms with Gasteiger partial charge in [0.05, 0.1) is 5.56 Å². The molecule has 1 saturated heterocycles. The number of aromatic nitrogens is 1. The molecule has 23 heavy (non-hydrogen) atoms. The summed E-state index contributed by atoms with van der Waals surface area (Å²) >= 11 is 0. The third-order valence-corrected chi connectivity index (χ3v) is 4.46. The first-order valence-electron chi connectivity index (χ1n) is 9.15. The number of hydrogen-bond donors (Lipinski definition) is 1. The molecule has 2 fully saturated rings. The van der Waals surface area contributed by atoms with Crippen LogP contribution in [0.25, 0.3) is 0 Å². The van der Waals surface area contributed by atoms with E-state index in [4.69, 9.17) is 0 Å². The first-order chi connectivity index (χ1) is 11.1. The van der Waals surface area contributed by atoms with Gasteiger partial charge in [-0.25, -0.2) is 0 Å². The van der Waals surface area contributed by atoms with Crippen LogP contribution in [-0.4, -0.2) is 41.0 Å². The van der Waals surface area contributed by atoms with Crippen molar-refractivity contribution < 1.29 is 4.79 Å². The molecule has 3 rings (SSSR count). The lowest BCUT2D eigenvalue weighted by Gasteiger charge is -2.32. The Morgan fingerprint density at radius 3 is 2.22 bits per heavy atom. The van der Waals surface area contributed by atoms with Crippen LogP contribution in [0.5, 0.6) is 0 Å². The van der Waals surface area contributed by atoms with E-state index in [0.717, 1.165) is 37.7 Å². The van der Waals surface area contributed by atoms with Crippen LogP contribution in [0.4, 0.5) is 0 Å². The minimum Gasteiger partial charge on any atom is -0.338 e. The first-order valence-corrected chi connectivity index (χ1v) is 9.15. The molecular weight excluding hydrogens is 286 g/mol. The van der Waals surface area contributed by atoms with Gasteiger partial charge >= 0.3 is 0 Å². The molecule has 0 radical (unpaired) electrons. The van der Waals surface area contributed by atoms with Crippen LogP contribution in [0.15, 0.2) is 18.3 Å². The van der Waals surface area contributed by atoms with Gasteiger partial charge in [-0.1, -0.05) is 27.7 Å². The molecular formula is C19H31N3O. The van der Waals surface area contributed by atoms with Gasteiger partial charge in [0, 0.05) is 37.1 Å². The molecule has 1 aromatic heterocycles. The highest BCUT2D eigenvalue weighted by Gasteiger charge is 2.28. The number of likely N-dealkylation sites (tertiary alicyclic amines) is 1. The lowest BCUT2D eigenvalue weighted by atomic mass is 10.0. The maximum Gasteiger partial charge on any atom is 0.255 e. The van der Waals surface area contributed by atoms with Crippen LogP contribution < -0.4 is 5.32 Å². The summed E-state index contributed by atoms with van der Waals surface area (Å²) in [7, 11) is 0. The van der Waals surface area contributed by atoms with Crippen molar-refractivity contribution in [2.45, 2.75) is 71.4 Å². The first kappa shape index (κ1) is 17.9. The van der Waals surface area contributed by atoms with Gasteiger partial charge in [0.2, 0.25) is 0 Å². The fourth-order valence-corrected chi connectivity index (χ4v) is 2.89. The van der Waals surface area contributed by atoms with Crippen molar-refractivity contribution in [2.24, 2.45) is 0 Å². The highest BCUT2D eigenvalue weighted by atomic mass is 16.2. The molecule has 2 heterocycles. The summed E-state index contributed by atoms with van der Waals surface area (Å²) in [6.07, 6.45) is 6.52. The van der Waals surface area contributed by atoms with Crippen molar-refractivity contribution in [1.29, 1.82) is 0 Å². The maximum absolute atomic E-state index is 12.5. The van der Waals surface area contributed by atoms with E-state index in [1.54, 1.807) is 6.20 Å². The number of carbonyl (C=O) groups excluding carboxylic acids is 1. The number of nitrogens with one attached hydrogen (secondary N) is 1. The van der Waals surface area contributed by atoms with Gasteiger partial charge < -0.3 is 10.2 Å². The van der Waals surface area contributed by atoms with Crippen molar-refractivity contribution in [1.82, 2.24) is 15.2 Å². The Hall–Kier alpha value is -1.42. The molecule has 1 aliphatic heterocycles. The Labute approximate surface area is 140 Å². The number of amides is 1.